The van der Waals surface area contributed by atoms with Gasteiger partial charge in [-0.25, -0.2) is 13.1 Å². The Morgan fingerprint density at radius 2 is 1.78 bits per heavy atom. The molecule has 2 rings (SSSR count). The van der Waals surface area contributed by atoms with Crippen molar-refractivity contribution in [2.75, 3.05) is 13.1 Å². The summed E-state index contributed by atoms with van der Waals surface area (Å²) in [5.41, 5.74) is 5.34. The van der Waals surface area contributed by atoms with Crippen LogP contribution in [-0.2, 0) is 10.0 Å². The highest BCUT2D eigenvalue weighted by Gasteiger charge is 2.13. The molecule has 2 aromatic carbocycles. The lowest BCUT2D eigenvalue weighted by atomic mass is 10.1. The van der Waals surface area contributed by atoms with E-state index in [2.05, 4.69) is 4.72 Å². The minimum Gasteiger partial charge on any atom is -0.330 e. The summed E-state index contributed by atoms with van der Waals surface area (Å²) >= 11 is 0. The first kappa shape index (κ1) is 13.0. The summed E-state index contributed by atoms with van der Waals surface area (Å²) in [7, 11) is -3.43. The highest BCUT2D eigenvalue weighted by molar-refractivity contribution is 7.89. The van der Waals surface area contributed by atoms with Crippen LogP contribution in [0, 0.1) is 0 Å². The summed E-state index contributed by atoms with van der Waals surface area (Å²) in [5.74, 6) is 0. The maximum absolute atomic E-state index is 12.0. The first-order valence-corrected chi connectivity index (χ1v) is 7.30. The quantitative estimate of drug-likeness (QED) is 0.803. The van der Waals surface area contributed by atoms with Gasteiger partial charge in [0.2, 0.25) is 10.0 Å². The summed E-state index contributed by atoms with van der Waals surface area (Å²) in [5, 5.41) is 1.94. The van der Waals surface area contributed by atoms with Gasteiger partial charge in [-0.1, -0.05) is 30.3 Å². The molecule has 0 atom stereocenters. The van der Waals surface area contributed by atoms with Crippen molar-refractivity contribution in [1.29, 1.82) is 0 Å². The van der Waals surface area contributed by atoms with Crippen molar-refractivity contribution in [3.63, 3.8) is 0 Å². The van der Waals surface area contributed by atoms with Crippen LogP contribution in [0.1, 0.15) is 6.42 Å². The van der Waals surface area contributed by atoms with Crippen LogP contribution < -0.4 is 10.5 Å². The summed E-state index contributed by atoms with van der Waals surface area (Å²) < 4.78 is 26.5. The van der Waals surface area contributed by atoms with Gasteiger partial charge in [0.1, 0.15) is 0 Å². The predicted molar refractivity (Wildman–Crippen MR) is 72.8 cm³/mol. The Balaban J connectivity index is 2.30. The van der Waals surface area contributed by atoms with Crippen LogP contribution in [0.2, 0.25) is 0 Å². The number of nitrogens with one attached hydrogen (secondary N) is 1. The Morgan fingerprint density at radius 3 is 2.50 bits per heavy atom. The Labute approximate surface area is 107 Å². The van der Waals surface area contributed by atoms with Gasteiger partial charge in [0.25, 0.3) is 0 Å². The topological polar surface area (TPSA) is 72.2 Å². The van der Waals surface area contributed by atoms with Gasteiger partial charge in [-0.05, 0) is 35.9 Å². The zero-order chi connectivity index (χ0) is 13.0. The number of fused-ring (bicyclic) bond motifs is 1. The number of hydrogen-bond donors (Lipinski definition) is 2. The second kappa shape index (κ2) is 5.48. The number of hydrogen-bond acceptors (Lipinski definition) is 3. The largest absolute Gasteiger partial charge is 0.330 e. The van der Waals surface area contributed by atoms with Crippen molar-refractivity contribution in [2.24, 2.45) is 5.73 Å². The lowest BCUT2D eigenvalue weighted by Crippen LogP contribution is -2.26. The normalized spacial score (nSPS) is 11.8. The first-order valence-electron chi connectivity index (χ1n) is 5.82. The van der Waals surface area contributed by atoms with Crippen LogP contribution in [-0.4, -0.2) is 21.5 Å². The number of nitrogens with two attached hydrogens (primary N) is 1. The van der Waals surface area contributed by atoms with Crippen molar-refractivity contribution in [3.8, 4) is 0 Å². The number of rotatable bonds is 5. The molecular weight excluding hydrogens is 248 g/mol. The Bertz CT molecular complexity index is 638. The van der Waals surface area contributed by atoms with Gasteiger partial charge in [0.15, 0.2) is 0 Å². The lowest BCUT2D eigenvalue weighted by molar-refractivity contribution is 0.579. The fourth-order valence-corrected chi connectivity index (χ4v) is 2.84. The Morgan fingerprint density at radius 1 is 1.06 bits per heavy atom. The summed E-state index contributed by atoms with van der Waals surface area (Å²) in [6.07, 6.45) is 0.632. The molecule has 18 heavy (non-hydrogen) atoms. The van der Waals surface area contributed by atoms with Crippen LogP contribution in [0.15, 0.2) is 47.4 Å². The third kappa shape index (κ3) is 2.87. The van der Waals surface area contributed by atoms with E-state index in [1.165, 1.54) is 0 Å². The van der Waals surface area contributed by atoms with E-state index in [1.807, 2.05) is 30.3 Å². The van der Waals surface area contributed by atoms with E-state index in [0.29, 0.717) is 24.4 Å². The Kier molecular flexibility index (Phi) is 3.96. The Hall–Kier alpha value is -1.43. The minimum absolute atomic E-state index is 0.290. The molecule has 0 unspecified atom stereocenters. The third-order valence-corrected chi connectivity index (χ3v) is 4.16. The summed E-state index contributed by atoms with van der Waals surface area (Å²) in [6, 6.07) is 12.8. The van der Waals surface area contributed by atoms with Gasteiger partial charge in [-0.2, -0.15) is 0 Å². The lowest BCUT2D eigenvalue weighted by Gasteiger charge is -2.07. The average Bonchev–Trinajstić information content (AvgIpc) is 2.38. The first-order chi connectivity index (χ1) is 8.63. The van der Waals surface area contributed by atoms with Gasteiger partial charge >= 0.3 is 0 Å². The van der Waals surface area contributed by atoms with E-state index in [4.69, 9.17) is 5.73 Å². The molecule has 0 aromatic heterocycles. The van der Waals surface area contributed by atoms with Crippen molar-refractivity contribution >= 4 is 20.8 Å². The van der Waals surface area contributed by atoms with E-state index in [1.54, 1.807) is 12.1 Å². The van der Waals surface area contributed by atoms with Gasteiger partial charge in [-0.15, -0.1) is 0 Å². The molecule has 0 aliphatic carbocycles. The van der Waals surface area contributed by atoms with Gasteiger partial charge < -0.3 is 5.73 Å². The van der Waals surface area contributed by atoms with Crippen molar-refractivity contribution in [1.82, 2.24) is 4.72 Å². The van der Waals surface area contributed by atoms with Crippen molar-refractivity contribution < 1.29 is 8.42 Å². The molecule has 0 spiro atoms. The molecule has 0 aliphatic heterocycles. The molecule has 0 fully saturated rings. The van der Waals surface area contributed by atoms with E-state index in [0.717, 1.165) is 10.8 Å². The second-order valence-corrected chi connectivity index (χ2v) is 5.82. The van der Waals surface area contributed by atoms with Crippen LogP contribution >= 0.6 is 0 Å². The zero-order valence-corrected chi connectivity index (χ0v) is 10.8. The van der Waals surface area contributed by atoms with Crippen molar-refractivity contribution in [3.05, 3.63) is 42.5 Å². The molecule has 2 aromatic rings. The standard InChI is InChI=1S/C13H16N2O2S/c14-8-3-9-15-18(16,17)13-7-6-11-4-1-2-5-12(11)10-13/h1-2,4-7,10,15H,3,8-9,14H2. The smallest absolute Gasteiger partial charge is 0.240 e. The van der Waals surface area contributed by atoms with E-state index >= 15 is 0 Å². The molecule has 0 saturated carbocycles. The summed E-state index contributed by atoms with van der Waals surface area (Å²) in [6.45, 7) is 0.839. The van der Waals surface area contributed by atoms with E-state index < -0.39 is 10.0 Å². The van der Waals surface area contributed by atoms with Crippen LogP contribution in [0.5, 0.6) is 0 Å². The fourth-order valence-electron chi connectivity index (χ4n) is 1.73. The monoisotopic (exact) mass is 264 g/mol. The second-order valence-electron chi connectivity index (χ2n) is 4.05. The molecule has 0 amide bonds. The third-order valence-electron chi connectivity index (χ3n) is 2.70. The van der Waals surface area contributed by atoms with Crippen LogP contribution in [0.4, 0.5) is 0 Å². The molecular formula is C13H16N2O2S. The van der Waals surface area contributed by atoms with Gasteiger partial charge in [0, 0.05) is 6.54 Å². The van der Waals surface area contributed by atoms with Crippen LogP contribution in [0.3, 0.4) is 0 Å². The highest BCUT2D eigenvalue weighted by atomic mass is 32.2. The molecule has 96 valence electrons. The maximum Gasteiger partial charge on any atom is 0.240 e. The fraction of sp³-hybridized carbons (Fsp3) is 0.231. The number of sulfonamides is 1. The molecule has 0 saturated heterocycles. The molecule has 5 heteroatoms. The predicted octanol–water partition coefficient (Wildman–Crippen LogP) is 1.47. The molecule has 0 radical (unpaired) electrons. The van der Waals surface area contributed by atoms with Gasteiger partial charge in [-0.3, -0.25) is 0 Å². The molecule has 0 bridgehead atoms. The molecule has 0 aliphatic rings. The highest BCUT2D eigenvalue weighted by Crippen LogP contribution is 2.18. The number of benzene rings is 2. The molecule has 3 N–H and O–H groups in total. The van der Waals surface area contributed by atoms with Gasteiger partial charge in [0.05, 0.1) is 4.90 Å². The van der Waals surface area contributed by atoms with E-state index in [-0.39, 0.29) is 0 Å². The maximum atomic E-state index is 12.0. The molecule has 0 heterocycles. The van der Waals surface area contributed by atoms with Crippen LogP contribution in [0.25, 0.3) is 10.8 Å². The zero-order valence-electron chi connectivity index (χ0n) is 9.96. The minimum atomic E-state index is -3.43. The SMILES string of the molecule is NCCCNS(=O)(=O)c1ccc2ccccc2c1. The summed E-state index contributed by atoms with van der Waals surface area (Å²) in [4.78, 5) is 0.290. The molecule has 4 nitrogen and oxygen atoms in total. The average molecular weight is 264 g/mol. The van der Waals surface area contributed by atoms with E-state index in [9.17, 15) is 8.42 Å². The van der Waals surface area contributed by atoms with Crippen molar-refractivity contribution in [2.45, 2.75) is 11.3 Å².